The molecule has 2 atom stereocenters. The van der Waals surface area contributed by atoms with Gasteiger partial charge in [0.2, 0.25) is 0 Å². The molecule has 0 spiro atoms. The molecule has 1 saturated carbocycles. The van der Waals surface area contributed by atoms with Gasteiger partial charge >= 0.3 is 0 Å². The molecule has 1 aliphatic heterocycles. The molecular weight excluding hydrogens is 320 g/mol. The number of carbonyl (C=O) groups excluding carboxylic acids is 1. The van der Waals surface area contributed by atoms with Crippen LogP contribution in [0.5, 0.6) is 11.5 Å². The summed E-state index contributed by atoms with van der Waals surface area (Å²) in [7, 11) is 3.25. The number of nitrogens with zero attached hydrogens (tertiary/aromatic N) is 1. The lowest BCUT2D eigenvalue weighted by Crippen LogP contribution is -2.53. The summed E-state index contributed by atoms with van der Waals surface area (Å²) in [6.07, 6.45) is 3.79. The van der Waals surface area contributed by atoms with Crippen LogP contribution in [-0.4, -0.2) is 54.9 Å². The van der Waals surface area contributed by atoms with Gasteiger partial charge in [0, 0.05) is 43.0 Å². The molecule has 6 nitrogen and oxygen atoms in total. The predicted octanol–water partition coefficient (Wildman–Crippen LogP) is 2.27. The van der Waals surface area contributed by atoms with Crippen molar-refractivity contribution in [1.29, 1.82) is 0 Å². The molecule has 1 amide bonds. The maximum atomic E-state index is 12.7. The second kappa shape index (κ2) is 7.12. The average molecular weight is 348 g/mol. The highest BCUT2D eigenvalue weighted by molar-refractivity contribution is 5.85. The fraction of sp³-hybridized carbons (Fsp3) is 0.632. The standard InChI is InChI=1S/C19H28N2O4/c1-19(23,13-6-7-13)18(22)21-8-4-5-14(12-21)20-15-9-16(24-2)11-17(10-15)25-3/h9-11,13-14,20,23H,4-8,12H2,1-3H3/t14-,19+/m0/s1. The number of rotatable bonds is 6. The van der Waals surface area contributed by atoms with E-state index in [2.05, 4.69) is 5.32 Å². The second-order valence-corrected chi connectivity index (χ2v) is 7.26. The Morgan fingerprint density at radius 2 is 1.84 bits per heavy atom. The van der Waals surface area contributed by atoms with Crippen molar-refractivity contribution in [3.8, 4) is 11.5 Å². The molecule has 1 heterocycles. The van der Waals surface area contributed by atoms with E-state index >= 15 is 0 Å². The van der Waals surface area contributed by atoms with Gasteiger partial charge in [0.15, 0.2) is 0 Å². The van der Waals surface area contributed by atoms with Crippen molar-refractivity contribution in [2.45, 2.75) is 44.2 Å². The fourth-order valence-electron chi connectivity index (χ4n) is 3.55. The first kappa shape index (κ1) is 17.9. The van der Waals surface area contributed by atoms with E-state index in [9.17, 15) is 9.90 Å². The van der Waals surface area contributed by atoms with Crippen molar-refractivity contribution in [2.24, 2.45) is 5.92 Å². The summed E-state index contributed by atoms with van der Waals surface area (Å²) in [4.78, 5) is 14.5. The van der Waals surface area contributed by atoms with E-state index in [1.54, 1.807) is 26.0 Å². The number of aliphatic hydroxyl groups is 1. The zero-order chi connectivity index (χ0) is 18.0. The Morgan fingerprint density at radius 1 is 1.20 bits per heavy atom. The lowest BCUT2D eigenvalue weighted by Gasteiger charge is -2.37. The normalized spacial score (nSPS) is 22.9. The first-order valence-corrected chi connectivity index (χ1v) is 8.95. The molecule has 0 unspecified atom stereocenters. The van der Waals surface area contributed by atoms with Crippen molar-refractivity contribution in [2.75, 3.05) is 32.6 Å². The van der Waals surface area contributed by atoms with Gasteiger partial charge in [-0.25, -0.2) is 0 Å². The van der Waals surface area contributed by atoms with Crippen LogP contribution in [0.4, 0.5) is 5.69 Å². The van der Waals surface area contributed by atoms with Crippen molar-refractivity contribution in [3.05, 3.63) is 18.2 Å². The average Bonchev–Trinajstić information content (AvgIpc) is 3.46. The van der Waals surface area contributed by atoms with E-state index in [0.717, 1.165) is 42.9 Å². The van der Waals surface area contributed by atoms with Gasteiger partial charge in [-0.1, -0.05) is 0 Å². The Hall–Kier alpha value is -1.95. The minimum absolute atomic E-state index is 0.121. The largest absolute Gasteiger partial charge is 0.497 e. The third-order valence-corrected chi connectivity index (χ3v) is 5.24. The number of nitrogens with one attached hydrogen (secondary N) is 1. The lowest BCUT2D eigenvalue weighted by molar-refractivity contribution is -0.152. The monoisotopic (exact) mass is 348 g/mol. The molecule has 1 aromatic carbocycles. The zero-order valence-corrected chi connectivity index (χ0v) is 15.2. The maximum Gasteiger partial charge on any atom is 0.254 e. The highest BCUT2D eigenvalue weighted by Gasteiger charge is 2.48. The Bertz CT molecular complexity index is 606. The van der Waals surface area contributed by atoms with Crippen LogP contribution in [-0.2, 0) is 4.79 Å². The summed E-state index contributed by atoms with van der Waals surface area (Å²) in [6, 6.07) is 5.81. The topological polar surface area (TPSA) is 71.0 Å². The van der Waals surface area contributed by atoms with E-state index in [4.69, 9.17) is 9.47 Å². The molecule has 1 aliphatic carbocycles. The third kappa shape index (κ3) is 4.00. The van der Waals surface area contributed by atoms with Gasteiger partial charge in [-0.2, -0.15) is 0 Å². The minimum atomic E-state index is -1.22. The number of ether oxygens (including phenoxy) is 2. The molecule has 2 fully saturated rings. The highest BCUT2D eigenvalue weighted by Crippen LogP contribution is 2.40. The smallest absolute Gasteiger partial charge is 0.254 e. The lowest BCUT2D eigenvalue weighted by atomic mass is 9.96. The molecule has 2 aliphatic rings. The quantitative estimate of drug-likeness (QED) is 0.825. The fourth-order valence-corrected chi connectivity index (χ4v) is 3.55. The van der Waals surface area contributed by atoms with Crippen LogP contribution in [0.3, 0.4) is 0 Å². The van der Waals surface area contributed by atoms with Crippen LogP contribution < -0.4 is 14.8 Å². The summed E-state index contributed by atoms with van der Waals surface area (Å²) in [6.45, 7) is 2.97. The minimum Gasteiger partial charge on any atom is -0.497 e. The molecule has 2 N–H and O–H groups in total. The van der Waals surface area contributed by atoms with E-state index in [-0.39, 0.29) is 17.9 Å². The van der Waals surface area contributed by atoms with Crippen molar-refractivity contribution in [3.63, 3.8) is 0 Å². The van der Waals surface area contributed by atoms with Crippen molar-refractivity contribution < 1.29 is 19.4 Å². The van der Waals surface area contributed by atoms with Crippen LogP contribution >= 0.6 is 0 Å². The Kier molecular flexibility index (Phi) is 5.08. The van der Waals surface area contributed by atoms with Crippen molar-refractivity contribution in [1.82, 2.24) is 4.90 Å². The van der Waals surface area contributed by atoms with Crippen molar-refractivity contribution >= 4 is 11.6 Å². The number of amides is 1. The van der Waals surface area contributed by atoms with Gasteiger partial charge in [0.05, 0.1) is 14.2 Å². The molecule has 0 aromatic heterocycles. The number of piperidine rings is 1. The van der Waals surface area contributed by atoms with E-state index in [1.807, 2.05) is 18.2 Å². The molecule has 1 aromatic rings. The first-order valence-electron chi connectivity index (χ1n) is 8.95. The molecule has 1 saturated heterocycles. The van der Waals surface area contributed by atoms with Gasteiger partial charge in [-0.3, -0.25) is 4.79 Å². The third-order valence-electron chi connectivity index (χ3n) is 5.24. The number of hydrogen-bond donors (Lipinski definition) is 2. The number of carbonyl (C=O) groups is 1. The molecule has 3 rings (SSSR count). The van der Waals surface area contributed by atoms with Crippen LogP contribution in [0.1, 0.15) is 32.6 Å². The Labute approximate surface area is 149 Å². The van der Waals surface area contributed by atoms with Gasteiger partial charge in [0.25, 0.3) is 5.91 Å². The molecule has 0 bridgehead atoms. The Balaban J connectivity index is 1.66. The predicted molar refractivity (Wildman–Crippen MR) is 96.1 cm³/mol. The van der Waals surface area contributed by atoms with E-state index < -0.39 is 5.60 Å². The summed E-state index contributed by atoms with van der Waals surface area (Å²) in [5.41, 5.74) is -0.314. The maximum absolute atomic E-state index is 12.7. The van der Waals surface area contributed by atoms with Crippen LogP contribution in [0.25, 0.3) is 0 Å². The number of benzene rings is 1. The van der Waals surface area contributed by atoms with Crippen LogP contribution in [0.15, 0.2) is 18.2 Å². The van der Waals surface area contributed by atoms with Gasteiger partial charge in [-0.15, -0.1) is 0 Å². The first-order chi connectivity index (χ1) is 11.9. The Morgan fingerprint density at radius 3 is 2.40 bits per heavy atom. The number of anilines is 1. The molecule has 25 heavy (non-hydrogen) atoms. The van der Waals surface area contributed by atoms with Gasteiger partial charge in [0.1, 0.15) is 17.1 Å². The number of methoxy groups -OCH3 is 2. The summed E-state index contributed by atoms with van der Waals surface area (Å²) < 4.78 is 10.6. The highest BCUT2D eigenvalue weighted by atomic mass is 16.5. The molecule has 6 heteroatoms. The van der Waals surface area contributed by atoms with E-state index in [1.165, 1.54) is 0 Å². The van der Waals surface area contributed by atoms with Crippen LogP contribution in [0, 0.1) is 5.92 Å². The zero-order valence-electron chi connectivity index (χ0n) is 15.2. The van der Waals surface area contributed by atoms with Gasteiger partial charge < -0.3 is 24.8 Å². The summed E-state index contributed by atoms with van der Waals surface area (Å²) in [5.74, 6) is 1.44. The molecule has 138 valence electrons. The van der Waals surface area contributed by atoms with E-state index in [0.29, 0.717) is 13.1 Å². The summed E-state index contributed by atoms with van der Waals surface area (Å²) >= 11 is 0. The summed E-state index contributed by atoms with van der Waals surface area (Å²) in [5, 5.41) is 14.0. The molecular formula is C19H28N2O4. The van der Waals surface area contributed by atoms with Gasteiger partial charge in [-0.05, 0) is 38.5 Å². The SMILES string of the molecule is COc1cc(N[C@H]2CCCN(C(=O)[C@](C)(O)C3CC3)C2)cc(OC)c1. The number of likely N-dealkylation sites (tertiary alicyclic amines) is 1. The second-order valence-electron chi connectivity index (χ2n) is 7.26. The molecule has 0 radical (unpaired) electrons. The van der Waals surface area contributed by atoms with Crippen LogP contribution in [0.2, 0.25) is 0 Å². The number of hydrogen-bond acceptors (Lipinski definition) is 5.